The lowest BCUT2D eigenvalue weighted by molar-refractivity contribution is -0.159. The summed E-state index contributed by atoms with van der Waals surface area (Å²) in [5.74, 6) is -0.729. The summed E-state index contributed by atoms with van der Waals surface area (Å²) >= 11 is 0. The molecule has 1 aliphatic rings. The highest BCUT2D eigenvalue weighted by Gasteiger charge is 2.27. The number of hydrogen-bond donors (Lipinski definition) is 1. The summed E-state index contributed by atoms with van der Waals surface area (Å²) in [6.07, 6.45) is 5.51. The number of carbonyl (C=O) groups is 1. The first kappa shape index (κ1) is 22.0. The van der Waals surface area contributed by atoms with Crippen LogP contribution in [0.1, 0.15) is 34.6 Å². The lowest BCUT2D eigenvalue weighted by atomic mass is 10.1. The monoisotopic (exact) mass is 372 g/mol. The van der Waals surface area contributed by atoms with Crippen molar-refractivity contribution >= 4 is 17.0 Å². The number of hydrogen-bond acceptors (Lipinski definition) is 4. The van der Waals surface area contributed by atoms with E-state index < -0.39 is 22.6 Å². The molecule has 0 spiro atoms. The largest absolute Gasteiger partial charge is 0.479 e. The molecule has 0 bridgehead atoms. The van der Waals surface area contributed by atoms with Gasteiger partial charge in [-0.2, -0.15) is 0 Å². The van der Waals surface area contributed by atoms with Gasteiger partial charge in [-0.25, -0.2) is 13.3 Å². The summed E-state index contributed by atoms with van der Waals surface area (Å²) < 4.78 is 20.3. The van der Waals surface area contributed by atoms with Crippen LogP contribution in [0.2, 0.25) is 0 Å². The van der Waals surface area contributed by atoms with Gasteiger partial charge in [0.25, 0.3) is 0 Å². The molecule has 1 N–H and O–H groups in total. The van der Waals surface area contributed by atoms with Crippen molar-refractivity contribution in [3.8, 4) is 0 Å². The van der Waals surface area contributed by atoms with Gasteiger partial charge in [0.15, 0.2) is 5.60 Å². The molecular formula is C18H32N2O4S. The normalized spacial score (nSPS) is 19.7. The molecule has 0 aromatic carbocycles. The second-order valence-corrected chi connectivity index (χ2v) is 8.44. The summed E-state index contributed by atoms with van der Waals surface area (Å²) in [6.45, 7) is 13.9. The van der Waals surface area contributed by atoms with E-state index in [2.05, 4.69) is 11.8 Å². The average Bonchev–Trinajstić information content (AvgIpc) is 2.56. The van der Waals surface area contributed by atoms with E-state index >= 15 is 0 Å². The maximum Gasteiger partial charge on any atom is 0.335 e. The number of piperazine rings is 1. The zero-order valence-electron chi connectivity index (χ0n) is 16.0. The lowest BCUT2D eigenvalue weighted by Gasteiger charge is -2.33. The molecule has 0 aliphatic carbocycles. The van der Waals surface area contributed by atoms with Gasteiger partial charge in [0.05, 0.1) is 11.5 Å². The molecule has 1 atom stereocenters. The van der Waals surface area contributed by atoms with Gasteiger partial charge in [-0.3, -0.25) is 0 Å². The van der Waals surface area contributed by atoms with Crippen molar-refractivity contribution in [2.24, 2.45) is 5.92 Å². The third-order valence-corrected chi connectivity index (χ3v) is 5.56. The highest BCUT2D eigenvalue weighted by Crippen LogP contribution is 2.16. The van der Waals surface area contributed by atoms with E-state index in [1.54, 1.807) is 12.2 Å². The Morgan fingerprint density at radius 1 is 1.28 bits per heavy atom. The molecular weight excluding hydrogens is 340 g/mol. The summed E-state index contributed by atoms with van der Waals surface area (Å²) in [6, 6.07) is 0. The van der Waals surface area contributed by atoms with Crippen molar-refractivity contribution in [3.63, 3.8) is 0 Å². The molecule has 1 saturated heterocycles. The van der Waals surface area contributed by atoms with Crippen LogP contribution in [0.3, 0.4) is 0 Å². The fourth-order valence-corrected chi connectivity index (χ4v) is 3.74. The minimum absolute atomic E-state index is 0.162. The Hall–Kier alpha value is -1.02. The Morgan fingerprint density at radius 3 is 2.36 bits per heavy atom. The molecule has 1 rings (SSSR count). The number of likely N-dealkylation sites (N-methyl/N-ethyl adjacent to an activating group) is 1. The predicted molar refractivity (Wildman–Crippen MR) is 102 cm³/mol. The maximum absolute atomic E-state index is 12.9. The highest BCUT2D eigenvalue weighted by atomic mass is 32.2. The first-order chi connectivity index (χ1) is 11.7. The Kier molecular flexibility index (Phi) is 8.99. The summed E-state index contributed by atoms with van der Waals surface area (Å²) in [5.41, 5.74) is -1.23. The number of carboxylic acid groups (broad SMARTS) is 1. The number of nitrogens with zero attached hydrogens (tertiary/aromatic N) is 2. The van der Waals surface area contributed by atoms with Crippen LogP contribution >= 0.6 is 0 Å². The van der Waals surface area contributed by atoms with Gasteiger partial charge in [0.2, 0.25) is 0 Å². The molecule has 0 aromatic heterocycles. The minimum Gasteiger partial charge on any atom is -0.479 e. The minimum atomic E-state index is -1.23. The van der Waals surface area contributed by atoms with Crippen LogP contribution in [0.4, 0.5) is 0 Å². The van der Waals surface area contributed by atoms with Gasteiger partial charge in [-0.05, 0) is 32.4 Å². The van der Waals surface area contributed by atoms with Crippen molar-refractivity contribution in [2.45, 2.75) is 40.2 Å². The second-order valence-electron chi connectivity index (χ2n) is 6.95. The second kappa shape index (κ2) is 10.2. The molecule has 0 amide bonds. The molecule has 6 nitrogen and oxygen atoms in total. The molecule has 144 valence electrons. The Balaban J connectivity index is 2.70. The van der Waals surface area contributed by atoms with Crippen LogP contribution in [0.15, 0.2) is 23.1 Å². The van der Waals surface area contributed by atoms with Crippen molar-refractivity contribution in [3.05, 3.63) is 23.1 Å². The fourth-order valence-electron chi connectivity index (χ4n) is 2.34. The maximum atomic E-state index is 12.9. The highest BCUT2D eigenvalue weighted by molar-refractivity contribution is 7.86. The number of allylic oxidation sites excluding steroid dienone is 2. The first-order valence-corrected chi connectivity index (χ1v) is 9.93. The van der Waals surface area contributed by atoms with Crippen molar-refractivity contribution in [2.75, 3.05) is 39.3 Å². The standard InChI is InChI=1S/C18H32N2O4S/c1-6-19-9-11-20(12-10-19)25(23)16(14-15(2)3)8-7-13-24-18(4,5)17(21)22/h7-8,14-15H,6,9-13H2,1-5H3,(H,21,22)/b8-7-,16-14+. The van der Waals surface area contributed by atoms with E-state index in [1.807, 2.05) is 24.2 Å². The summed E-state index contributed by atoms with van der Waals surface area (Å²) in [5, 5.41) is 9.05. The van der Waals surface area contributed by atoms with Crippen LogP contribution in [-0.4, -0.2) is 69.4 Å². The van der Waals surface area contributed by atoms with E-state index in [4.69, 9.17) is 9.84 Å². The smallest absolute Gasteiger partial charge is 0.335 e. The van der Waals surface area contributed by atoms with Gasteiger partial charge in [0.1, 0.15) is 11.0 Å². The predicted octanol–water partition coefficient (Wildman–Crippen LogP) is 2.26. The lowest BCUT2D eigenvalue weighted by Crippen LogP contribution is -2.46. The molecule has 25 heavy (non-hydrogen) atoms. The third kappa shape index (κ3) is 7.40. The van der Waals surface area contributed by atoms with Gasteiger partial charge < -0.3 is 14.7 Å². The first-order valence-electron chi connectivity index (χ1n) is 8.82. The molecule has 7 heteroatoms. The van der Waals surface area contributed by atoms with Crippen molar-refractivity contribution < 1.29 is 18.8 Å². The topological polar surface area (TPSA) is 70.1 Å². The van der Waals surface area contributed by atoms with E-state index in [9.17, 15) is 9.00 Å². The fraction of sp³-hybridized carbons (Fsp3) is 0.722. The van der Waals surface area contributed by atoms with Crippen LogP contribution < -0.4 is 0 Å². The molecule has 1 fully saturated rings. The van der Waals surface area contributed by atoms with Crippen LogP contribution in [0.5, 0.6) is 0 Å². The SMILES string of the molecule is CCN1CCN(S(=O)C(/C=C\COC(C)(C)C(=O)O)=C/C(C)C)CC1. The molecule has 0 aromatic rings. The number of aliphatic carboxylic acids is 1. The molecule has 0 radical (unpaired) electrons. The summed E-state index contributed by atoms with van der Waals surface area (Å²) in [7, 11) is -1.21. The quantitative estimate of drug-likeness (QED) is 0.629. The molecule has 0 saturated carbocycles. The van der Waals surface area contributed by atoms with Crippen LogP contribution in [0.25, 0.3) is 0 Å². The molecule has 1 aliphatic heterocycles. The number of carboxylic acids is 1. The van der Waals surface area contributed by atoms with E-state index in [1.165, 1.54) is 13.8 Å². The zero-order chi connectivity index (χ0) is 19.0. The van der Waals surface area contributed by atoms with E-state index in [-0.39, 0.29) is 12.5 Å². The number of rotatable bonds is 9. The van der Waals surface area contributed by atoms with E-state index in [0.717, 1.165) is 37.6 Å². The Morgan fingerprint density at radius 2 is 1.88 bits per heavy atom. The number of ether oxygens (including phenoxy) is 1. The van der Waals surface area contributed by atoms with Crippen molar-refractivity contribution in [1.82, 2.24) is 9.21 Å². The van der Waals surface area contributed by atoms with Crippen LogP contribution in [0, 0.1) is 5.92 Å². The molecule has 1 heterocycles. The average molecular weight is 373 g/mol. The third-order valence-electron chi connectivity index (χ3n) is 4.05. The van der Waals surface area contributed by atoms with E-state index in [0.29, 0.717) is 0 Å². The van der Waals surface area contributed by atoms with Gasteiger partial charge in [-0.15, -0.1) is 0 Å². The summed E-state index contributed by atoms with van der Waals surface area (Å²) in [4.78, 5) is 14.1. The van der Waals surface area contributed by atoms with Crippen LogP contribution in [-0.2, 0) is 20.5 Å². The zero-order valence-corrected chi connectivity index (χ0v) is 16.8. The van der Waals surface area contributed by atoms with Crippen molar-refractivity contribution in [1.29, 1.82) is 0 Å². The molecule has 1 unspecified atom stereocenters. The Bertz CT molecular complexity index is 521. The van der Waals surface area contributed by atoms with Gasteiger partial charge >= 0.3 is 5.97 Å². The van der Waals surface area contributed by atoms with Gasteiger partial charge in [0, 0.05) is 26.2 Å². The van der Waals surface area contributed by atoms with Gasteiger partial charge in [-0.1, -0.05) is 32.9 Å². The Labute approximate surface area is 154 Å².